The number of nitrogens with zero attached hydrogens (tertiary/aromatic N) is 5. The first-order chi connectivity index (χ1) is 9.81. The minimum absolute atomic E-state index is 0.599. The zero-order valence-corrected chi connectivity index (χ0v) is 10.7. The Labute approximate surface area is 115 Å². The molecule has 0 unspecified atom stereocenters. The lowest BCUT2D eigenvalue weighted by molar-refractivity contribution is 1.09. The van der Waals surface area contributed by atoms with E-state index >= 15 is 0 Å². The molecule has 3 rings (SSSR count). The van der Waals surface area contributed by atoms with Crippen LogP contribution in [0.2, 0.25) is 0 Å². The van der Waals surface area contributed by atoms with Crippen molar-refractivity contribution >= 4 is 28.8 Å². The van der Waals surface area contributed by atoms with Crippen LogP contribution < -0.4 is 10.6 Å². The van der Waals surface area contributed by atoms with Gasteiger partial charge in [0.25, 0.3) is 0 Å². The summed E-state index contributed by atoms with van der Waals surface area (Å²) in [4.78, 5) is 7.62. The van der Waals surface area contributed by atoms with Gasteiger partial charge in [0.2, 0.25) is 11.6 Å². The van der Waals surface area contributed by atoms with Crippen molar-refractivity contribution in [2.24, 2.45) is 0 Å². The van der Waals surface area contributed by atoms with Gasteiger partial charge in [-0.2, -0.15) is 0 Å². The molecule has 0 fully saturated rings. The van der Waals surface area contributed by atoms with Crippen LogP contribution in [0.3, 0.4) is 0 Å². The number of hydrogen-bond acceptors (Lipinski definition) is 5. The molecule has 20 heavy (non-hydrogen) atoms. The molecule has 0 spiro atoms. The smallest absolute Gasteiger partial charge is 0.228 e. The Kier molecular flexibility index (Phi) is 2.89. The standard InChI is InChI=1S/C13H11N7/c1-14-9-3-5-10(6-4-9)17-11-12-18-19-13(15-2)20(12)8-7-16-11/h3-8H,2H3,(H,15,19)(H,16,17). The summed E-state index contributed by atoms with van der Waals surface area (Å²) in [6, 6.07) is 7.15. The first-order valence-corrected chi connectivity index (χ1v) is 5.94. The third kappa shape index (κ3) is 1.99. The fourth-order valence-corrected chi connectivity index (χ4v) is 1.84. The summed E-state index contributed by atoms with van der Waals surface area (Å²) in [5.41, 5.74) is 2.07. The molecule has 0 saturated carbocycles. The molecule has 0 bridgehead atoms. The zero-order chi connectivity index (χ0) is 13.9. The minimum atomic E-state index is 0.599. The number of benzene rings is 1. The summed E-state index contributed by atoms with van der Waals surface area (Å²) >= 11 is 0. The molecule has 0 radical (unpaired) electrons. The molecule has 0 atom stereocenters. The van der Waals surface area contributed by atoms with Gasteiger partial charge in [-0.05, 0) is 12.1 Å². The van der Waals surface area contributed by atoms with Crippen molar-refractivity contribution < 1.29 is 0 Å². The monoisotopic (exact) mass is 265 g/mol. The van der Waals surface area contributed by atoms with Crippen LogP contribution in [0.1, 0.15) is 0 Å². The average molecular weight is 265 g/mol. The van der Waals surface area contributed by atoms with Gasteiger partial charge in [0.05, 0.1) is 6.57 Å². The second-order valence-corrected chi connectivity index (χ2v) is 4.03. The Morgan fingerprint density at radius 2 is 2.00 bits per heavy atom. The number of fused-ring (bicyclic) bond motifs is 1. The van der Waals surface area contributed by atoms with Gasteiger partial charge in [-0.15, -0.1) is 10.2 Å². The van der Waals surface area contributed by atoms with Gasteiger partial charge in [0, 0.05) is 25.1 Å². The van der Waals surface area contributed by atoms with Gasteiger partial charge in [0.15, 0.2) is 11.5 Å². The van der Waals surface area contributed by atoms with E-state index in [1.54, 1.807) is 31.6 Å². The van der Waals surface area contributed by atoms with Crippen molar-refractivity contribution in [3.05, 3.63) is 48.1 Å². The van der Waals surface area contributed by atoms with Crippen molar-refractivity contribution in [3.8, 4) is 0 Å². The number of hydrogen-bond donors (Lipinski definition) is 2. The summed E-state index contributed by atoms with van der Waals surface area (Å²) in [6.07, 6.45) is 3.46. The molecular formula is C13H11N7. The van der Waals surface area contributed by atoms with E-state index in [-0.39, 0.29) is 0 Å². The van der Waals surface area contributed by atoms with E-state index in [0.717, 1.165) is 5.69 Å². The third-order valence-corrected chi connectivity index (χ3v) is 2.81. The van der Waals surface area contributed by atoms with E-state index in [2.05, 4.69) is 30.7 Å². The topological polar surface area (TPSA) is 71.5 Å². The summed E-state index contributed by atoms with van der Waals surface area (Å²) in [7, 11) is 1.78. The lowest BCUT2D eigenvalue weighted by atomic mass is 10.3. The molecule has 2 heterocycles. The van der Waals surface area contributed by atoms with Gasteiger partial charge < -0.3 is 10.6 Å². The van der Waals surface area contributed by atoms with Crippen LogP contribution in [0.5, 0.6) is 0 Å². The predicted molar refractivity (Wildman–Crippen MR) is 76.3 cm³/mol. The molecule has 0 aliphatic carbocycles. The van der Waals surface area contributed by atoms with E-state index in [4.69, 9.17) is 6.57 Å². The molecular weight excluding hydrogens is 254 g/mol. The van der Waals surface area contributed by atoms with Crippen LogP contribution in [-0.2, 0) is 0 Å². The van der Waals surface area contributed by atoms with Crippen molar-refractivity contribution in [3.63, 3.8) is 0 Å². The van der Waals surface area contributed by atoms with Crippen molar-refractivity contribution in [2.75, 3.05) is 17.7 Å². The largest absolute Gasteiger partial charge is 0.357 e. The number of aromatic nitrogens is 4. The average Bonchev–Trinajstić information content (AvgIpc) is 2.92. The van der Waals surface area contributed by atoms with Gasteiger partial charge in [0.1, 0.15) is 0 Å². The second kappa shape index (κ2) is 4.85. The maximum Gasteiger partial charge on any atom is 0.228 e. The first-order valence-electron chi connectivity index (χ1n) is 5.94. The Morgan fingerprint density at radius 3 is 2.70 bits per heavy atom. The van der Waals surface area contributed by atoms with Crippen LogP contribution in [-0.4, -0.2) is 26.6 Å². The Balaban J connectivity index is 1.98. The first kappa shape index (κ1) is 11.9. The molecule has 1 aromatic carbocycles. The lowest BCUT2D eigenvalue weighted by Crippen LogP contribution is -1.99. The van der Waals surface area contributed by atoms with Crippen LogP contribution in [0.15, 0.2) is 36.7 Å². The van der Waals surface area contributed by atoms with Crippen molar-refractivity contribution in [2.45, 2.75) is 0 Å². The summed E-state index contributed by atoms with van der Waals surface area (Å²) in [5.74, 6) is 1.26. The van der Waals surface area contributed by atoms with Gasteiger partial charge in [-0.3, -0.25) is 4.40 Å². The fourth-order valence-electron chi connectivity index (χ4n) is 1.84. The maximum absolute atomic E-state index is 6.93. The highest BCUT2D eigenvalue weighted by Crippen LogP contribution is 2.22. The quantitative estimate of drug-likeness (QED) is 0.712. The Hall–Kier alpha value is -3.14. The molecule has 98 valence electrons. The predicted octanol–water partition coefficient (Wildman–Crippen LogP) is 2.46. The Morgan fingerprint density at radius 1 is 1.20 bits per heavy atom. The fraction of sp³-hybridized carbons (Fsp3) is 0.0769. The second-order valence-electron chi connectivity index (χ2n) is 4.03. The van der Waals surface area contributed by atoms with Gasteiger partial charge in [-0.25, -0.2) is 9.83 Å². The lowest BCUT2D eigenvalue weighted by Gasteiger charge is -2.06. The molecule has 3 aromatic rings. The molecule has 7 nitrogen and oxygen atoms in total. The molecule has 0 aliphatic rings. The summed E-state index contributed by atoms with van der Waals surface area (Å²) < 4.78 is 1.81. The van der Waals surface area contributed by atoms with E-state index in [0.29, 0.717) is 23.1 Å². The third-order valence-electron chi connectivity index (χ3n) is 2.81. The molecule has 0 saturated heterocycles. The van der Waals surface area contributed by atoms with E-state index in [9.17, 15) is 0 Å². The highest BCUT2D eigenvalue weighted by Gasteiger charge is 2.09. The van der Waals surface area contributed by atoms with Gasteiger partial charge in [-0.1, -0.05) is 12.1 Å². The van der Waals surface area contributed by atoms with Crippen molar-refractivity contribution in [1.29, 1.82) is 0 Å². The highest BCUT2D eigenvalue weighted by molar-refractivity contribution is 5.71. The van der Waals surface area contributed by atoms with Crippen LogP contribution in [0.4, 0.5) is 23.1 Å². The number of rotatable bonds is 3. The highest BCUT2D eigenvalue weighted by atomic mass is 15.3. The number of nitrogens with one attached hydrogen (secondary N) is 2. The van der Waals surface area contributed by atoms with Crippen LogP contribution in [0, 0.1) is 6.57 Å². The molecule has 0 amide bonds. The molecule has 7 heteroatoms. The summed E-state index contributed by atoms with van der Waals surface area (Å²) in [6.45, 7) is 6.93. The number of anilines is 3. The zero-order valence-electron chi connectivity index (χ0n) is 10.7. The SMILES string of the molecule is [C-]#[N+]c1ccc(Nc2nccn3c(NC)nnc23)cc1. The normalized spacial score (nSPS) is 10.2. The van der Waals surface area contributed by atoms with E-state index in [1.165, 1.54) is 0 Å². The molecule has 2 aromatic heterocycles. The van der Waals surface area contributed by atoms with Crippen LogP contribution >= 0.6 is 0 Å². The van der Waals surface area contributed by atoms with Crippen LogP contribution in [0.25, 0.3) is 10.5 Å². The Bertz CT molecular complexity index is 783. The summed E-state index contributed by atoms with van der Waals surface area (Å²) in [5, 5.41) is 14.2. The molecule has 2 N–H and O–H groups in total. The molecule has 0 aliphatic heterocycles. The van der Waals surface area contributed by atoms with Gasteiger partial charge >= 0.3 is 0 Å². The maximum atomic E-state index is 6.93. The van der Waals surface area contributed by atoms with E-state index in [1.807, 2.05) is 16.5 Å². The van der Waals surface area contributed by atoms with Crippen molar-refractivity contribution in [1.82, 2.24) is 19.6 Å². The minimum Gasteiger partial charge on any atom is -0.357 e. The van der Waals surface area contributed by atoms with E-state index < -0.39 is 0 Å².